The summed E-state index contributed by atoms with van der Waals surface area (Å²) in [7, 11) is 0. The van der Waals surface area contributed by atoms with Crippen molar-refractivity contribution in [1.29, 1.82) is 0 Å². The van der Waals surface area contributed by atoms with E-state index in [1.807, 2.05) is 0 Å². The average Bonchev–Trinajstić information content (AvgIpc) is 2.83. The highest BCUT2D eigenvalue weighted by Gasteiger charge is 2.31. The summed E-state index contributed by atoms with van der Waals surface area (Å²) in [6.07, 6.45) is -2.48. The van der Waals surface area contributed by atoms with Crippen LogP contribution in [0, 0.1) is 0 Å². The molecule has 1 aromatic rings. The van der Waals surface area contributed by atoms with Crippen LogP contribution >= 0.6 is 0 Å². The maximum absolute atomic E-state index is 13.0. The third-order valence-corrected chi connectivity index (χ3v) is 5.34. The second kappa shape index (κ2) is 15.5. The van der Waals surface area contributed by atoms with E-state index in [0.29, 0.717) is 5.56 Å². The summed E-state index contributed by atoms with van der Waals surface area (Å²) in [6, 6.07) is -0.411. The maximum atomic E-state index is 13.0. The topological polar surface area (TPSA) is 294 Å². The van der Waals surface area contributed by atoms with Crippen LogP contribution in [0.3, 0.4) is 0 Å². The molecule has 12 N–H and O–H groups in total. The summed E-state index contributed by atoms with van der Waals surface area (Å²) < 4.78 is 0. The van der Waals surface area contributed by atoms with Crippen molar-refractivity contribution in [2.75, 3.05) is 0 Å². The average molecular weight is 553 g/mol. The molecule has 0 heterocycles. The van der Waals surface area contributed by atoms with Gasteiger partial charge in [-0.3, -0.25) is 28.8 Å². The smallest absolute Gasteiger partial charge is 0.326 e. The molecule has 0 saturated heterocycles. The lowest BCUT2D eigenvalue weighted by atomic mass is 10.0. The number of aliphatic carboxylic acids is 2. The SMILES string of the molecule is NC(=O)CCC(NC(=O)C(N)CC(N)=O)C(=O)NC(CCC(=O)O)C(=O)NC(Cc1ccc(O)cc1)C(=O)O. The summed E-state index contributed by atoms with van der Waals surface area (Å²) in [5.41, 5.74) is 16.1. The van der Waals surface area contributed by atoms with Gasteiger partial charge in [0.25, 0.3) is 0 Å². The second-order valence-corrected chi connectivity index (χ2v) is 8.61. The van der Waals surface area contributed by atoms with E-state index >= 15 is 0 Å². The second-order valence-electron chi connectivity index (χ2n) is 8.61. The van der Waals surface area contributed by atoms with Gasteiger partial charge in [0.05, 0.1) is 12.5 Å². The Morgan fingerprint density at radius 1 is 0.718 bits per heavy atom. The number of carboxylic acid groups (broad SMARTS) is 2. The van der Waals surface area contributed by atoms with Gasteiger partial charge in [0.15, 0.2) is 0 Å². The third kappa shape index (κ3) is 12.4. The van der Waals surface area contributed by atoms with E-state index in [1.54, 1.807) is 0 Å². The molecular formula is C23H32N6O10. The number of aromatic hydroxyl groups is 1. The Morgan fingerprint density at radius 2 is 1.21 bits per heavy atom. The number of carbonyl (C=O) groups is 7. The van der Waals surface area contributed by atoms with Crippen LogP contribution in [0.5, 0.6) is 5.75 Å². The molecule has 5 amide bonds. The van der Waals surface area contributed by atoms with Gasteiger partial charge < -0.3 is 48.5 Å². The first-order valence-corrected chi connectivity index (χ1v) is 11.6. The summed E-state index contributed by atoms with van der Waals surface area (Å²) in [4.78, 5) is 83.4. The van der Waals surface area contributed by atoms with Gasteiger partial charge in [-0.05, 0) is 30.5 Å². The minimum absolute atomic E-state index is 0.0559. The van der Waals surface area contributed by atoms with Gasteiger partial charge in [0, 0.05) is 19.3 Å². The zero-order valence-corrected chi connectivity index (χ0v) is 20.8. The summed E-state index contributed by atoms with van der Waals surface area (Å²) in [5.74, 6) is -7.51. The lowest BCUT2D eigenvalue weighted by molar-refractivity contribution is -0.143. The Balaban J connectivity index is 3.08. The molecule has 4 unspecified atom stereocenters. The van der Waals surface area contributed by atoms with Gasteiger partial charge >= 0.3 is 11.9 Å². The van der Waals surface area contributed by atoms with Crippen molar-refractivity contribution in [1.82, 2.24) is 16.0 Å². The number of carboxylic acids is 2. The quantitative estimate of drug-likeness (QED) is 0.0927. The molecular weight excluding hydrogens is 520 g/mol. The fraction of sp³-hybridized carbons (Fsp3) is 0.435. The molecule has 0 aliphatic carbocycles. The molecule has 0 spiro atoms. The van der Waals surface area contributed by atoms with E-state index in [9.17, 15) is 43.8 Å². The summed E-state index contributed by atoms with van der Waals surface area (Å²) in [6.45, 7) is 0. The lowest BCUT2D eigenvalue weighted by Crippen LogP contribution is -2.57. The molecule has 1 rings (SSSR count). The zero-order valence-electron chi connectivity index (χ0n) is 20.8. The van der Waals surface area contributed by atoms with Crippen molar-refractivity contribution in [2.45, 2.75) is 62.7 Å². The first-order valence-electron chi connectivity index (χ1n) is 11.6. The highest BCUT2D eigenvalue weighted by atomic mass is 16.4. The van der Waals surface area contributed by atoms with Crippen LogP contribution in [-0.2, 0) is 40.0 Å². The third-order valence-electron chi connectivity index (χ3n) is 5.34. The Hall–Kier alpha value is -4.73. The standard InChI is InChI=1S/C23H32N6O10/c24-13(10-18(26)32)20(35)27-14(5-7-17(25)31)21(36)28-15(6-8-19(33)34)22(37)29-16(23(38)39)9-11-1-3-12(30)4-2-11/h1-4,13-16,30H,5-10,24H2,(H2,25,31)(H2,26,32)(H,27,35)(H,28,36)(H,29,37)(H,33,34)(H,38,39). The van der Waals surface area contributed by atoms with Crippen LogP contribution in [0.25, 0.3) is 0 Å². The van der Waals surface area contributed by atoms with Crippen LogP contribution in [0.1, 0.15) is 37.7 Å². The van der Waals surface area contributed by atoms with Gasteiger partial charge in [-0.2, -0.15) is 0 Å². The van der Waals surface area contributed by atoms with Crippen molar-refractivity contribution >= 4 is 41.5 Å². The minimum Gasteiger partial charge on any atom is -0.508 e. The van der Waals surface area contributed by atoms with Gasteiger partial charge in [0.2, 0.25) is 29.5 Å². The number of rotatable bonds is 17. The van der Waals surface area contributed by atoms with Gasteiger partial charge in [-0.15, -0.1) is 0 Å². The number of nitrogens with one attached hydrogen (secondary N) is 3. The fourth-order valence-electron chi connectivity index (χ4n) is 3.29. The van der Waals surface area contributed by atoms with E-state index < -0.39 is 84.9 Å². The molecule has 16 heteroatoms. The Labute approximate surface area is 222 Å². The summed E-state index contributed by atoms with van der Waals surface area (Å²) >= 11 is 0. The molecule has 0 saturated carbocycles. The molecule has 0 bridgehead atoms. The Kier molecular flexibility index (Phi) is 12.8. The normalized spacial score (nSPS) is 13.7. The highest BCUT2D eigenvalue weighted by Crippen LogP contribution is 2.12. The predicted molar refractivity (Wildman–Crippen MR) is 132 cm³/mol. The van der Waals surface area contributed by atoms with Crippen LogP contribution in [-0.4, -0.2) is 81.0 Å². The van der Waals surface area contributed by atoms with Crippen molar-refractivity contribution < 1.29 is 48.9 Å². The monoisotopic (exact) mass is 552 g/mol. The molecule has 0 fully saturated rings. The number of hydrogen-bond donors (Lipinski definition) is 9. The number of phenols is 1. The minimum atomic E-state index is -1.55. The van der Waals surface area contributed by atoms with Crippen LogP contribution < -0.4 is 33.2 Å². The number of amides is 5. The molecule has 214 valence electrons. The van der Waals surface area contributed by atoms with E-state index in [2.05, 4.69) is 16.0 Å². The first kappa shape index (κ1) is 32.3. The number of carbonyl (C=O) groups excluding carboxylic acids is 5. The van der Waals surface area contributed by atoms with Crippen molar-refractivity contribution in [3.05, 3.63) is 29.8 Å². The molecule has 16 nitrogen and oxygen atoms in total. The number of nitrogens with two attached hydrogens (primary N) is 3. The molecule has 0 aromatic heterocycles. The van der Waals surface area contributed by atoms with Crippen LogP contribution in [0.15, 0.2) is 24.3 Å². The van der Waals surface area contributed by atoms with Gasteiger partial charge in [-0.25, -0.2) is 4.79 Å². The molecule has 0 aliphatic rings. The van der Waals surface area contributed by atoms with Gasteiger partial charge in [0.1, 0.15) is 23.9 Å². The van der Waals surface area contributed by atoms with Crippen LogP contribution in [0.4, 0.5) is 0 Å². The van der Waals surface area contributed by atoms with E-state index in [4.69, 9.17) is 22.3 Å². The Bertz CT molecular complexity index is 1080. The molecule has 0 aliphatic heterocycles. The fourth-order valence-corrected chi connectivity index (χ4v) is 3.29. The largest absolute Gasteiger partial charge is 0.508 e. The van der Waals surface area contributed by atoms with Crippen molar-refractivity contribution in [3.8, 4) is 5.75 Å². The zero-order chi connectivity index (χ0) is 29.7. The van der Waals surface area contributed by atoms with Crippen LogP contribution in [0.2, 0.25) is 0 Å². The Morgan fingerprint density at radius 3 is 1.67 bits per heavy atom. The maximum Gasteiger partial charge on any atom is 0.326 e. The number of hydrogen-bond acceptors (Lipinski definition) is 9. The van der Waals surface area contributed by atoms with Crippen molar-refractivity contribution in [2.24, 2.45) is 17.2 Å². The molecule has 4 atom stereocenters. The number of phenolic OH excluding ortho intramolecular Hbond substituents is 1. The van der Waals surface area contributed by atoms with Crippen molar-refractivity contribution in [3.63, 3.8) is 0 Å². The molecule has 1 aromatic carbocycles. The number of primary amides is 2. The van der Waals surface area contributed by atoms with E-state index in [-0.39, 0.29) is 25.0 Å². The van der Waals surface area contributed by atoms with E-state index in [1.165, 1.54) is 24.3 Å². The van der Waals surface area contributed by atoms with Gasteiger partial charge in [-0.1, -0.05) is 12.1 Å². The molecule has 0 radical (unpaired) electrons. The highest BCUT2D eigenvalue weighted by molar-refractivity contribution is 5.95. The van der Waals surface area contributed by atoms with E-state index in [0.717, 1.165) is 0 Å². The summed E-state index contributed by atoms with van der Waals surface area (Å²) in [5, 5.41) is 34.7. The number of benzene rings is 1. The first-order chi connectivity index (χ1) is 18.2. The lowest BCUT2D eigenvalue weighted by Gasteiger charge is -2.25. The predicted octanol–water partition coefficient (Wildman–Crippen LogP) is -3.19. The molecule has 39 heavy (non-hydrogen) atoms.